The van der Waals surface area contributed by atoms with Gasteiger partial charge in [-0.25, -0.2) is 4.79 Å². The molecule has 3 rings (SSSR count). The van der Waals surface area contributed by atoms with Crippen molar-refractivity contribution in [2.24, 2.45) is 0 Å². The van der Waals surface area contributed by atoms with E-state index in [4.69, 9.17) is 4.74 Å². The number of carbonyl (C=O) groups is 3. The first kappa shape index (κ1) is 23.1. The molecule has 9 heteroatoms. The number of nitrogens with one attached hydrogen (secondary N) is 2. The monoisotopic (exact) mass is 440 g/mol. The predicted molar refractivity (Wildman–Crippen MR) is 119 cm³/mol. The SMILES string of the molecule is COC(=O)CNC(=O)C1CN(Cc2ccccc2)CCN1C(=O)Nc1cccc(OC)c1. The van der Waals surface area contributed by atoms with Crippen LogP contribution in [0.2, 0.25) is 0 Å². The fourth-order valence-electron chi connectivity index (χ4n) is 3.54. The number of methoxy groups -OCH3 is 2. The molecule has 170 valence electrons. The van der Waals surface area contributed by atoms with Gasteiger partial charge in [-0.2, -0.15) is 0 Å². The van der Waals surface area contributed by atoms with E-state index in [0.717, 1.165) is 5.56 Å². The Balaban J connectivity index is 1.72. The summed E-state index contributed by atoms with van der Waals surface area (Å²) in [6.07, 6.45) is 0. The molecular formula is C23H28N4O5. The summed E-state index contributed by atoms with van der Waals surface area (Å²) >= 11 is 0. The molecule has 0 bridgehead atoms. The van der Waals surface area contributed by atoms with Crippen LogP contribution in [0.15, 0.2) is 54.6 Å². The summed E-state index contributed by atoms with van der Waals surface area (Å²) in [4.78, 5) is 41.0. The Hall–Kier alpha value is -3.59. The second kappa shape index (κ2) is 11.1. The van der Waals surface area contributed by atoms with Gasteiger partial charge >= 0.3 is 12.0 Å². The number of anilines is 1. The molecule has 1 atom stereocenters. The maximum absolute atomic E-state index is 13.0. The Morgan fingerprint density at radius 3 is 2.53 bits per heavy atom. The van der Waals surface area contributed by atoms with Gasteiger partial charge in [-0.1, -0.05) is 36.4 Å². The zero-order chi connectivity index (χ0) is 22.9. The Bertz CT molecular complexity index is 937. The molecule has 1 aliphatic rings. The van der Waals surface area contributed by atoms with E-state index in [9.17, 15) is 14.4 Å². The Labute approximate surface area is 187 Å². The number of amides is 3. The molecule has 2 aromatic rings. The number of rotatable bonds is 7. The maximum atomic E-state index is 13.0. The highest BCUT2D eigenvalue weighted by atomic mass is 16.5. The smallest absolute Gasteiger partial charge is 0.325 e. The van der Waals surface area contributed by atoms with Crippen LogP contribution in [0, 0.1) is 0 Å². The summed E-state index contributed by atoms with van der Waals surface area (Å²) in [5.74, 6) is -0.348. The second-order valence-electron chi connectivity index (χ2n) is 7.39. The van der Waals surface area contributed by atoms with E-state index in [1.807, 2.05) is 30.3 Å². The van der Waals surface area contributed by atoms with Gasteiger partial charge in [0.1, 0.15) is 18.3 Å². The van der Waals surface area contributed by atoms with Crippen molar-refractivity contribution in [2.75, 3.05) is 45.7 Å². The largest absolute Gasteiger partial charge is 0.497 e. The average Bonchev–Trinajstić information content (AvgIpc) is 2.82. The van der Waals surface area contributed by atoms with Crippen LogP contribution < -0.4 is 15.4 Å². The summed E-state index contributed by atoms with van der Waals surface area (Å²) in [5, 5.41) is 5.40. The highest BCUT2D eigenvalue weighted by molar-refractivity contribution is 5.95. The van der Waals surface area contributed by atoms with E-state index in [0.29, 0.717) is 37.6 Å². The van der Waals surface area contributed by atoms with Gasteiger partial charge in [0.2, 0.25) is 5.91 Å². The standard InChI is InChI=1S/C23H28N4O5/c1-31-19-10-6-9-18(13-19)25-23(30)27-12-11-26(15-17-7-4-3-5-8-17)16-20(27)22(29)24-14-21(28)32-2/h3-10,13,20H,11-12,14-16H2,1-2H3,(H,24,29)(H,25,30). The molecule has 0 spiro atoms. The quantitative estimate of drug-likeness (QED) is 0.636. The van der Waals surface area contributed by atoms with Crippen LogP contribution in [0.25, 0.3) is 0 Å². The average molecular weight is 441 g/mol. The third kappa shape index (κ3) is 6.21. The second-order valence-corrected chi connectivity index (χ2v) is 7.39. The minimum Gasteiger partial charge on any atom is -0.497 e. The van der Waals surface area contributed by atoms with Crippen LogP contribution >= 0.6 is 0 Å². The number of carbonyl (C=O) groups excluding carboxylic acids is 3. The summed E-state index contributed by atoms with van der Waals surface area (Å²) in [5.41, 5.74) is 1.69. The van der Waals surface area contributed by atoms with Gasteiger partial charge in [-0.05, 0) is 17.7 Å². The summed E-state index contributed by atoms with van der Waals surface area (Å²) in [6.45, 7) is 1.72. The highest BCUT2D eigenvalue weighted by Crippen LogP contribution is 2.19. The van der Waals surface area contributed by atoms with Crippen molar-refractivity contribution >= 4 is 23.6 Å². The molecule has 1 aliphatic heterocycles. The van der Waals surface area contributed by atoms with Gasteiger partial charge in [0.25, 0.3) is 0 Å². The first-order valence-electron chi connectivity index (χ1n) is 10.3. The number of nitrogens with zero attached hydrogens (tertiary/aromatic N) is 2. The van der Waals surface area contributed by atoms with Crippen LogP contribution in [-0.4, -0.2) is 74.1 Å². The fourth-order valence-corrected chi connectivity index (χ4v) is 3.54. The number of urea groups is 1. The van der Waals surface area contributed by atoms with Crippen LogP contribution in [0.3, 0.4) is 0 Å². The van der Waals surface area contributed by atoms with E-state index < -0.39 is 23.9 Å². The van der Waals surface area contributed by atoms with Crippen molar-refractivity contribution in [3.05, 3.63) is 60.2 Å². The molecule has 3 amide bonds. The summed E-state index contributed by atoms with van der Waals surface area (Å²) in [7, 11) is 2.80. The minimum absolute atomic E-state index is 0.254. The molecule has 0 aliphatic carbocycles. The van der Waals surface area contributed by atoms with E-state index in [1.54, 1.807) is 31.4 Å². The third-order valence-corrected chi connectivity index (χ3v) is 5.23. The first-order valence-corrected chi connectivity index (χ1v) is 10.3. The third-order valence-electron chi connectivity index (χ3n) is 5.23. The molecule has 1 fully saturated rings. The van der Waals surface area contributed by atoms with Gasteiger partial charge in [0.05, 0.1) is 14.2 Å². The fraction of sp³-hybridized carbons (Fsp3) is 0.348. The Morgan fingerprint density at radius 1 is 1.03 bits per heavy atom. The zero-order valence-electron chi connectivity index (χ0n) is 18.2. The normalized spacial score (nSPS) is 16.2. The summed E-state index contributed by atoms with van der Waals surface area (Å²) in [6, 6.07) is 15.8. The topological polar surface area (TPSA) is 100 Å². The first-order chi connectivity index (χ1) is 15.5. The van der Waals surface area contributed by atoms with Gasteiger partial charge in [0.15, 0.2) is 0 Å². The highest BCUT2D eigenvalue weighted by Gasteiger charge is 2.35. The lowest BCUT2D eigenvalue weighted by atomic mass is 10.1. The molecule has 0 radical (unpaired) electrons. The molecule has 9 nitrogen and oxygen atoms in total. The van der Waals surface area contributed by atoms with Gasteiger partial charge < -0.3 is 25.0 Å². The Morgan fingerprint density at radius 2 is 1.81 bits per heavy atom. The lowest BCUT2D eigenvalue weighted by molar-refractivity contribution is -0.141. The van der Waals surface area contributed by atoms with Crippen molar-refractivity contribution in [1.29, 1.82) is 0 Å². The molecule has 1 heterocycles. The van der Waals surface area contributed by atoms with E-state index in [-0.39, 0.29) is 6.54 Å². The van der Waals surface area contributed by atoms with Gasteiger partial charge in [-0.15, -0.1) is 0 Å². The number of hydrogen-bond acceptors (Lipinski definition) is 6. The number of ether oxygens (including phenoxy) is 2. The van der Waals surface area contributed by atoms with E-state index in [1.165, 1.54) is 12.0 Å². The lowest BCUT2D eigenvalue weighted by Gasteiger charge is -2.40. The van der Waals surface area contributed by atoms with Crippen molar-refractivity contribution in [1.82, 2.24) is 15.1 Å². The van der Waals surface area contributed by atoms with Crippen molar-refractivity contribution < 1.29 is 23.9 Å². The maximum Gasteiger partial charge on any atom is 0.325 e. The van der Waals surface area contributed by atoms with Crippen LogP contribution in [0.5, 0.6) is 5.75 Å². The van der Waals surface area contributed by atoms with Crippen LogP contribution in [0.4, 0.5) is 10.5 Å². The van der Waals surface area contributed by atoms with Crippen LogP contribution in [0.1, 0.15) is 5.56 Å². The van der Waals surface area contributed by atoms with Crippen LogP contribution in [-0.2, 0) is 20.9 Å². The van der Waals surface area contributed by atoms with Crippen molar-refractivity contribution in [2.45, 2.75) is 12.6 Å². The molecule has 2 aromatic carbocycles. The number of benzene rings is 2. The number of hydrogen-bond donors (Lipinski definition) is 2. The molecule has 1 saturated heterocycles. The molecule has 2 N–H and O–H groups in total. The molecule has 0 aromatic heterocycles. The minimum atomic E-state index is -0.761. The molecule has 32 heavy (non-hydrogen) atoms. The van der Waals surface area contributed by atoms with Crippen molar-refractivity contribution in [3.8, 4) is 5.75 Å². The number of piperazine rings is 1. The Kier molecular flexibility index (Phi) is 8.04. The van der Waals surface area contributed by atoms with Gasteiger partial charge in [-0.3, -0.25) is 14.5 Å². The van der Waals surface area contributed by atoms with E-state index in [2.05, 4.69) is 20.3 Å². The van der Waals surface area contributed by atoms with Crippen molar-refractivity contribution in [3.63, 3.8) is 0 Å². The summed E-state index contributed by atoms with van der Waals surface area (Å²) < 4.78 is 9.79. The number of esters is 1. The zero-order valence-corrected chi connectivity index (χ0v) is 18.2. The van der Waals surface area contributed by atoms with E-state index >= 15 is 0 Å². The molecular weight excluding hydrogens is 412 g/mol. The van der Waals surface area contributed by atoms with Gasteiger partial charge in [0, 0.05) is 37.9 Å². The lowest BCUT2D eigenvalue weighted by Crippen LogP contribution is -2.61. The molecule has 1 unspecified atom stereocenters. The predicted octanol–water partition coefficient (Wildman–Crippen LogP) is 1.70. The molecule has 0 saturated carbocycles.